The molecule has 0 aliphatic carbocycles. The molecule has 2 rings (SSSR count). The largest absolute Gasteiger partial charge is 0.384 e. The first-order chi connectivity index (χ1) is 10.2. The molecule has 0 radical (unpaired) electrons. The minimum absolute atomic E-state index is 0.138. The van der Waals surface area contributed by atoms with Crippen LogP contribution in [-0.4, -0.2) is 20.8 Å². The van der Waals surface area contributed by atoms with Gasteiger partial charge in [0, 0.05) is 12.7 Å². The summed E-state index contributed by atoms with van der Waals surface area (Å²) in [5.41, 5.74) is 3.63. The van der Waals surface area contributed by atoms with Gasteiger partial charge in [-0.3, -0.25) is 0 Å². The molecule has 0 bridgehead atoms. The molecule has 0 aliphatic heterocycles. The van der Waals surface area contributed by atoms with Crippen LogP contribution in [0.4, 0.5) is 4.39 Å². The highest BCUT2D eigenvalue weighted by Crippen LogP contribution is 2.26. The van der Waals surface area contributed by atoms with Gasteiger partial charge in [-0.2, -0.15) is 0 Å². The number of ether oxygens (including phenoxy) is 1. The summed E-state index contributed by atoms with van der Waals surface area (Å²) in [6, 6.07) is 13.6. The third kappa shape index (κ3) is 3.69. The van der Waals surface area contributed by atoms with E-state index in [9.17, 15) is 4.39 Å². The Morgan fingerprint density at radius 2 is 1.86 bits per heavy atom. The van der Waals surface area contributed by atoms with Gasteiger partial charge < -0.3 is 10.1 Å². The van der Waals surface area contributed by atoms with Gasteiger partial charge in [-0.15, -0.1) is 0 Å². The number of hydrogen-bond acceptors (Lipinski definition) is 2. The van der Waals surface area contributed by atoms with E-state index in [4.69, 9.17) is 4.74 Å². The number of hydrogen-bond donors (Lipinski definition) is 1. The Bertz CT molecular complexity index is 580. The summed E-state index contributed by atoms with van der Waals surface area (Å²) in [6.07, 6.45) is 0.889. The van der Waals surface area contributed by atoms with E-state index in [1.807, 2.05) is 31.3 Å². The highest BCUT2D eigenvalue weighted by Gasteiger charge is 2.17. The van der Waals surface area contributed by atoms with E-state index >= 15 is 0 Å². The van der Waals surface area contributed by atoms with Crippen LogP contribution in [-0.2, 0) is 11.2 Å². The van der Waals surface area contributed by atoms with Crippen LogP contribution < -0.4 is 5.32 Å². The van der Waals surface area contributed by atoms with Gasteiger partial charge >= 0.3 is 0 Å². The molecule has 0 saturated heterocycles. The zero-order valence-electron chi connectivity index (χ0n) is 12.8. The second-order valence-corrected chi connectivity index (χ2v) is 5.18. The Morgan fingerprint density at radius 3 is 2.48 bits per heavy atom. The first kappa shape index (κ1) is 15.7. The number of rotatable bonds is 6. The standard InChI is InChI=1S/C18H22FNO/c1-13-5-4-6-16(17(13)19)18(20-2)15-9-7-14(8-10-15)11-12-21-3/h4-10,18,20H,11-12H2,1-3H3. The molecule has 112 valence electrons. The van der Waals surface area contributed by atoms with Crippen molar-refractivity contribution >= 4 is 0 Å². The van der Waals surface area contributed by atoms with Crippen molar-refractivity contribution in [1.29, 1.82) is 0 Å². The van der Waals surface area contributed by atoms with E-state index < -0.39 is 0 Å². The molecule has 2 nitrogen and oxygen atoms in total. The number of nitrogens with one attached hydrogen (secondary N) is 1. The van der Waals surface area contributed by atoms with Gasteiger partial charge in [0.1, 0.15) is 5.82 Å². The Hall–Kier alpha value is -1.71. The molecule has 3 heteroatoms. The van der Waals surface area contributed by atoms with Gasteiger partial charge in [0.15, 0.2) is 0 Å². The molecule has 0 amide bonds. The zero-order valence-corrected chi connectivity index (χ0v) is 12.8. The topological polar surface area (TPSA) is 21.3 Å². The van der Waals surface area contributed by atoms with Crippen LogP contribution in [0.5, 0.6) is 0 Å². The predicted molar refractivity (Wildman–Crippen MR) is 84.1 cm³/mol. The number of halogens is 1. The van der Waals surface area contributed by atoms with Gasteiger partial charge in [0.25, 0.3) is 0 Å². The van der Waals surface area contributed by atoms with E-state index in [1.165, 1.54) is 5.56 Å². The summed E-state index contributed by atoms with van der Waals surface area (Å²) in [7, 11) is 3.55. The lowest BCUT2D eigenvalue weighted by Gasteiger charge is -2.19. The second-order valence-electron chi connectivity index (χ2n) is 5.18. The third-order valence-corrected chi connectivity index (χ3v) is 3.73. The van der Waals surface area contributed by atoms with Crippen molar-refractivity contribution < 1.29 is 9.13 Å². The summed E-state index contributed by atoms with van der Waals surface area (Å²) >= 11 is 0. The van der Waals surface area contributed by atoms with Gasteiger partial charge in [0.2, 0.25) is 0 Å². The molecule has 2 aromatic rings. The van der Waals surface area contributed by atoms with E-state index in [0.717, 1.165) is 12.0 Å². The molecule has 0 spiro atoms. The summed E-state index contributed by atoms with van der Waals surface area (Å²) in [5, 5.41) is 3.20. The van der Waals surface area contributed by atoms with Crippen LogP contribution in [0.2, 0.25) is 0 Å². The molecule has 0 aliphatic rings. The smallest absolute Gasteiger partial charge is 0.131 e. The van der Waals surface area contributed by atoms with Crippen LogP contribution in [0.1, 0.15) is 28.3 Å². The van der Waals surface area contributed by atoms with Crippen molar-refractivity contribution in [3.8, 4) is 0 Å². The molecule has 2 aromatic carbocycles. The SMILES string of the molecule is CNC(c1ccc(CCOC)cc1)c1cccc(C)c1F. The van der Waals surface area contributed by atoms with Crippen LogP contribution in [0.25, 0.3) is 0 Å². The van der Waals surface area contributed by atoms with Crippen LogP contribution in [0.15, 0.2) is 42.5 Å². The molecule has 1 atom stereocenters. The molecule has 0 heterocycles. The molecule has 0 aromatic heterocycles. The summed E-state index contributed by atoms with van der Waals surface area (Å²) in [4.78, 5) is 0. The summed E-state index contributed by atoms with van der Waals surface area (Å²) in [6.45, 7) is 2.50. The van der Waals surface area contributed by atoms with Crippen molar-refractivity contribution in [2.75, 3.05) is 20.8 Å². The van der Waals surface area contributed by atoms with E-state index in [2.05, 4.69) is 17.4 Å². The van der Waals surface area contributed by atoms with Crippen molar-refractivity contribution in [1.82, 2.24) is 5.32 Å². The Morgan fingerprint density at radius 1 is 1.14 bits per heavy atom. The maximum Gasteiger partial charge on any atom is 0.131 e. The first-order valence-corrected chi connectivity index (χ1v) is 7.17. The second kappa shape index (κ2) is 7.34. The fourth-order valence-electron chi connectivity index (χ4n) is 2.49. The third-order valence-electron chi connectivity index (χ3n) is 3.73. The molecule has 21 heavy (non-hydrogen) atoms. The molecule has 1 N–H and O–H groups in total. The van der Waals surface area contributed by atoms with Crippen LogP contribution in [0.3, 0.4) is 0 Å². The quantitative estimate of drug-likeness (QED) is 0.876. The Balaban J connectivity index is 2.27. The Labute approximate surface area is 126 Å². The normalized spacial score (nSPS) is 12.4. The molecular weight excluding hydrogens is 265 g/mol. The maximum atomic E-state index is 14.3. The molecule has 1 unspecified atom stereocenters. The lowest BCUT2D eigenvalue weighted by atomic mass is 9.95. The highest BCUT2D eigenvalue weighted by molar-refractivity contribution is 5.36. The van der Waals surface area contributed by atoms with Gasteiger partial charge in [-0.25, -0.2) is 4.39 Å². The molecule has 0 fully saturated rings. The summed E-state index contributed by atoms with van der Waals surface area (Å²) < 4.78 is 19.4. The van der Waals surface area contributed by atoms with Crippen LogP contribution in [0, 0.1) is 12.7 Å². The van der Waals surface area contributed by atoms with Crippen LogP contribution >= 0.6 is 0 Å². The van der Waals surface area contributed by atoms with Crippen molar-refractivity contribution in [2.45, 2.75) is 19.4 Å². The first-order valence-electron chi connectivity index (χ1n) is 7.17. The average Bonchev–Trinajstić information content (AvgIpc) is 2.51. The average molecular weight is 287 g/mol. The Kier molecular flexibility index (Phi) is 5.48. The number of aryl methyl sites for hydroxylation is 1. The predicted octanol–water partition coefficient (Wildman–Crippen LogP) is 3.63. The minimum Gasteiger partial charge on any atom is -0.384 e. The lowest BCUT2D eigenvalue weighted by Crippen LogP contribution is -2.19. The van der Waals surface area contributed by atoms with Gasteiger partial charge in [-0.05, 0) is 37.1 Å². The minimum atomic E-state index is -0.139. The van der Waals surface area contributed by atoms with E-state index in [-0.39, 0.29) is 11.9 Å². The van der Waals surface area contributed by atoms with Crippen molar-refractivity contribution in [2.24, 2.45) is 0 Å². The van der Waals surface area contributed by atoms with Gasteiger partial charge in [-0.1, -0.05) is 42.5 Å². The monoisotopic (exact) mass is 287 g/mol. The summed E-state index contributed by atoms with van der Waals surface area (Å²) in [5.74, 6) is -0.139. The zero-order chi connectivity index (χ0) is 15.2. The van der Waals surface area contributed by atoms with E-state index in [1.54, 1.807) is 20.1 Å². The lowest BCUT2D eigenvalue weighted by molar-refractivity contribution is 0.202. The molecular formula is C18H22FNO. The van der Waals surface area contributed by atoms with E-state index in [0.29, 0.717) is 17.7 Å². The fraction of sp³-hybridized carbons (Fsp3) is 0.333. The van der Waals surface area contributed by atoms with Crippen molar-refractivity contribution in [3.63, 3.8) is 0 Å². The maximum absolute atomic E-state index is 14.3. The number of benzene rings is 2. The molecule has 0 saturated carbocycles. The highest BCUT2D eigenvalue weighted by atomic mass is 19.1. The van der Waals surface area contributed by atoms with Crippen molar-refractivity contribution in [3.05, 3.63) is 70.5 Å². The fourth-order valence-corrected chi connectivity index (χ4v) is 2.49. The van der Waals surface area contributed by atoms with Gasteiger partial charge in [0.05, 0.1) is 12.6 Å². The number of methoxy groups -OCH3 is 1.